The van der Waals surface area contributed by atoms with Gasteiger partial charge in [0.05, 0.1) is 6.10 Å². The van der Waals surface area contributed by atoms with E-state index in [1.807, 2.05) is 0 Å². The molecule has 0 unspecified atom stereocenters. The van der Waals surface area contributed by atoms with E-state index in [1.165, 1.54) is 16.7 Å². The van der Waals surface area contributed by atoms with Crippen LogP contribution in [0.4, 0.5) is 0 Å². The van der Waals surface area contributed by atoms with Crippen LogP contribution >= 0.6 is 0 Å². The van der Waals surface area contributed by atoms with Crippen molar-refractivity contribution >= 4 is 0 Å². The molecule has 1 fully saturated rings. The maximum atomic E-state index is 6.08. The van der Waals surface area contributed by atoms with E-state index >= 15 is 0 Å². The molecule has 1 nitrogen and oxygen atoms in total. The molecular weight excluding hydrogens is 208 g/mol. The van der Waals surface area contributed by atoms with Crippen molar-refractivity contribution < 1.29 is 4.74 Å². The first-order valence-corrected chi connectivity index (χ1v) is 6.23. The Bertz CT molecular complexity index is 561. The monoisotopic (exact) mass is 222 g/mol. The van der Waals surface area contributed by atoms with Gasteiger partial charge in [-0.05, 0) is 29.5 Å². The summed E-state index contributed by atoms with van der Waals surface area (Å²) in [6, 6.07) is 19.3. The Kier molecular flexibility index (Phi) is 1.78. The van der Waals surface area contributed by atoms with Crippen LogP contribution in [-0.4, -0.2) is 6.10 Å². The van der Waals surface area contributed by atoms with E-state index < -0.39 is 0 Å². The molecule has 17 heavy (non-hydrogen) atoms. The van der Waals surface area contributed by atoms with Crippen molar-refractivity contribution in [2.75, 3.05) is 0 Å². The molecule has 2 aromatic carbocycles. The molecule has 1 aliphatic heterocycles. The van der Waals surface area contributed by atoms with Gasteiger partial charge in [0.15, 0.2) is 0 Å². The number of aryl methyl sites for hydroxylation is 1. The minimum absolute atomic E-state index is 0.129. The normalized spacial score (nSPS) is 29.3. The molecule has 2 aliphatic rings. The lowest BCUT2D eigenvalue weighted by atomic mass is 9.79. The number of hydrogen-bond donors (Lipinski definition) is 0. The van der Waals surface area contributed by atoms with Crippen molar-refractivity contribution in [3.8, 4) is 0 Å². The topological polar surface area (TPSA) is 12.5 Å². The van der Waals surface area contributed by atoms with Crippen LogP contribution in [0.5, 0.6) is 0 Å². The summed E-state index contributed by atoms with van der Waals surface area (Å²) in [4.78, 5) is 0. The van der Waals surface area contributed by atoms with Gasteiger partial charge in [0.2, 0.25) is 0 Å². The quantitative estimate of drug-likeness (QED) is 0.675. The molecule has 0 amide bonds. The molecule has 84 valence electrons. The maximum absolute atomic E-state index is 6.08. The zero-order valence-corrected chi connectivity index (χ0v) is 9.60. The third-order valence-corrected chi connectivity index (χ3v) is 4.02. The molecule has 1 heteroatoms. The Morgan fingerprint density at radius 2 is 1.71 bits per heavy atom. The SMILES string of the molecule is c1ccc([C@@]23O[C@@H]2CCc2ccccc23)cc1. The second kappa shape index (κ2) is 3.21. The molecule has 0 spiro atoms. The highest BCUT2D eigenvalue weighted by Crippen LogP contribution is 2.56. The second-order valence-electron chi connectivity index (χ2n) is 4.90. The van der Waals surface area contributed by atoms with Crippen molar-refractivity contribution in [3.05, 3.63) is 71.3 Å². The van der Waals surface area contributed by atoms with Gasteiger partial charge in [0.1, 0.15) is 5.60 Å². The summed E-state index contributed by atoms with van der Waals surface area (Å²) in [5.74, 6) is 0. The molecule has 0 bridgehead atoms. The van der Waals surface area contributed by atoms with E-state index in [4.69, 9.17) is 4.74 Å². The fraction of sp³-hybridized carbons (Fsp3) is 0.250. The van der Waals surface area contributed by atoms with Gasteiger partial charge in [0, 0.05) is 0 Å². The first-order valence-electron chi connectivity index (χ1n) is 6.23. The van der Waals surface area contributed by atoms with Gasteiger partial charge in [-0.3, -0.25) is 0 Å². The van der Waals surface area contributed by atoms with Crippen LogP contribution in [0.3, 0.4) is 0 Å². The number of hydrogen-bond acceptors (Lipinski definition) is 1. The minimum atomic E-state index is -0.129. The predicted octanol–water partition coefficient (Wildman–Crippen LogP) is 3.28. The van der Waals surface area contributed by atoms with Crippen molar-refractivity contribution in [2.24, 2.45) is 0 Å². The lowest BCUT2D eigenvalue weighted by Crippen LogP contribution is -2.21. The lowest BCUT2D eigenvalue weighted by Gasteiger charge is -2.21. The van der Waals surface area contributed by atoms with Gasteiger partial charge in [-0.2, -0.15) is 0 Å². The van der Waals surface area contributed by atoms with E-state index in [0.29, 0.717) is 6.10 Å². The number of epoxide rings is 1. The van der Waals surface area contributed by atoms with Gasteiger partial charge in [-0.1, -0.05) is 54.6 Å². The number of fused-ring (bicyclic) bond motifs is 3. The van der Waals surface area contributed by atoms with Crippen LogP contribution in [0.1, 0.15) is 23.1 Å². The highest BCUT2D eigenvalue weighted by molar-refractivity contribution is 5.49. The molecule has 0 radical (unpaired) electrons. The van der Waals surface area contributed by atoms with E-state index in [0.717, 1.165) is 12.8 Å². The summed E-state index contributed by atoms with van der Waals surface area (Å²) in [7, 11) is 0. The molecule has 0 N–H and O–H groups in total. The molecular formula is C16H14O. The Labute approximate surface area is 101 Å². The van der Waals surface area contributed by atoms with Gasteiger partial charge in [-0.25, -0.2) is 0 Å². The van der Waals surface area contributed by atoms with Gasteiger partial charge in [-0.15, -0.1) is 0 Å². The maximum Gasteiger partial charge on any atom is 0.145 e. The van der Waals surface area contributed by atoms with Crippen LogP contribution in [0.15, 0.2) is 54.6 Å². The molecule has 1 aliphatic carbocycles. The smallest absolute Gasteiger partial charge is 0.145 e. The highest BCUT2D eigenvalue weighted by atomic mass is 16.6. The summed E-state index contributed by atoms with van der Waals surface area (Å²) in [6.07, 6.45) is 2.68. The van der Waals surface area contributed by atoms with Crippen molar-refractivity contribution in [1.29, 1.82) is 0 Å². The summed E-state index contributed by atoms with van der Waals surface area (Å²) in [5.41, 5.74) is 4.00. The highest BCUT2D eigenvalue weighted by Gasteiger charge is 2.60. The van der Waals surface area contributed by atoms with Crippen LogP contribution in [-0.2, 0) is 16.8 Å². The van der Waals surface area contributed by atoms with Gasteiger partial charge < -0.3 is 4.74 Å². The molecule has 1 heterocycles. The van der Waals surface area contributed by atoms with Crippen LogP contribution in [0, 0.1) is 0 Å². The number of rotatable bonds is 1. The number of benzene rings is 2. The zero-order valence-electron chi connectivity index (χ0n) is 9.60. The van der Waals surface area contributed by atoms with E-state index in [9.17, 15) is 0 Å². The molecule has 2 atom stereocenters. The average Bonchev–Trinajstić information content (AvgIpc) is 3.16. The van der Waals surface area contributed by atoms with E-state index in [-0.39, 0.29) is 5.60 Å². The average molecular weight is 222 g/mol. The van der Waals surface area contributed by atoms with Gasteiger partial charge in [0.25, 0.3) is 0 Å². The molecule has 0 aromatic heterocycles. The van der Waals surface area contributed by atoms with Crippen molar-refractivity contribution in [1.82, 2.24) is 0 Å². The van der Waals surface area contributed by atoms with Gasteiger partial charge >= 0.3 is 0 Å². The first-order chi connectivity index (χ1) is 8.41. The Balaban J connectivity index is 1.92. The third kappa shape index (κ3) is 1.18. The third-order valence-electron chi connectivity index (χ3n) is 4.02. The Hall–Kier alpha value is -1.60. The standard InChI is InChI=1S/C16H14O/c1-2-7-13(8-3-1)16-14-9-5-4-6-12(14)10-11-15(16)17-16/h1-9,15H,10-11H2/t15-,16+/m1/s1. The van der Waals surface area contributed by atoms with Crippen LogP contribution in [0.2, 0.25) is 0 Å². The summed E-state index contributed by atoms with van der Waals surface area (Å²) < 4.78 is 6.08. The summed E-state index contributed by atoms with van der Waals surface area (Å²) in [5, 5.41) is 0. The van der Waals surface area contributed by atoms with Crippen LogP contribution < -0.4 is 0 Å². The minimum Gasteiger partial charge on any atom is -0.356 e. The molecule has 4 rings (SSSR count). The zero-order chi connectivity index (χ0) is 11.3. The second-order valence-corrected chi connectivity index (χ2v) is 4.90. The predicted molar refractivity (Wildman–Crippen MR) is 66.9 cm³/mol. The Morgan fingerprint density at radius 1 is 0.941 bits per heavy atom. The molecule has 2 aromatic rings. The lowest BCUT2D eigenvalue weighted by molar-refractivity contribution is 0.329. The summed E-state index contributed by atoms with van der Waals surface area (Å²) in [6.45, 7) is 0. The molecule has 1 saturated heterocycles. The van der Waals surface area contributed by atoms with Crippen molar-refractivity contribution in [2.45, 2.75) is 24.5 Å². The van der Waals surface area contributed by atoms with Crippen molar-refractivity contribution in [3.63, 3.8) is 0 Å². The molecule has 0 saturated carbocycles. The first kappa shape index (κ1) is 9.43. The number of ether oxygens (including phenoxy) is 1. The largest absolute Gasteiger partial charge is 0.356 e. The van der Waals surface area contributed by atoms with E-state index in [2.05, 4.69) is 54.6 Å². The fourth-order valence-electron chi connectivity index (χ4n) is 3.17. The fourth-order valence-corrected chi connectivity index (χ4v) is 3.17. The Morgan fingerprint density at radius 3 is 2.59 bits per heavy atom. The van der Waals surface area contributed by atoms with Crippen LogP contribution in [0.25, 0.3) is 0 Å². The van der Waals surface area contributed by atoms with E-state index in [1.54, 1.807) is 0 Å². The summed E-state index contributed by atoms with van der Waals surface area (Å²) >= 11 is 0.